The summed E-state index contributed by atoms with van der Waals surface area (Å²) in [6.45, 7) is 10.3. The lowest BCUT2D eigenvalue weighted by molar-refractivity contribution is -0.355. The summed E-state index contributed by atoms with van der Waals surface area (Å²) >= 11 is 0. The van der Waals surface area contributed by atoms with Gasteiger partial charge in [0.05, 0.1) is 19.8 Å². The molecule has 0 aromatic heterocycles. The highest BCUT2D eigenvalue weighted by atomic mass is 16.9. The average Bonchev–Trinajstić information content (AvgIpc) is 2.37. The first-order valence-electron chi connectivity index (χ1n) is 6.38. The predicted molar refractivity (Wildman–Crippen MR) is 68.2 cm³/mol. The molecular weight excluding hydrogens is 236 g/mol. The van der Waals surface area contributed by atoms with Crippen LogP contribution in [0.15, 0.2) is 12.2 Å². The molecule has 0 amide bonds. The Labute approximate surface area is 109 Å². The van der Waals surface area contributed by atoms with Crippen LogP contribution in [0.3, 0.4) is 0 Å². The molecule has 0 aromatic carbocycles. The molecule has 0 aromatic rings. The van der Waals surface area contributed by atoms with E-state index in [0.717, 1.165) is 19.3 Å². The number of aliphatic carboxylic acids is 1. The molecule has 0 heterocycles. The molecule has 18 heavy (non-hydrogen) atoms. The molecule has 0 aliphatic heterocycles. The summed E-state index contributed by atoms with van der Waals surface area (Å²) in [5, 5.41) is 9.08. The third-order valence-electron chi connectivity index (χ3n) is 2.12. The van der Waals surface area contributed by atoms with Gasteiger partial charge in [-0.2, -0.15) is 0 Å². The Balaban J connectivity index is 4.96. The highest BCUT2D eigenvalue weighted by molar-refractivity contribution is 5.87. The summed E-state index contributed by atoms with van der Waals surface area (Å²) in [5.74, 6) is -2.84. The van der Waals surface area contributed by atoms with E-state index in [4.69, 9.17) is 19.3 Å². The molecule has 0 aliphatic rings. The van der Waals surface area contributed by atoms with Crippen LogP contribution in [-0.2, 0) is 19.0 Å². The van der Waals surface area contributed by atoms with Crippen LogP contribution >= 0.6 is 0 Å². The smallest absolute Gasteiger partial charge is 0.339 e. The van der Waals surface area contributed by atoms with Crippen LogP contribution in [0.1, 0.15) is 40.0 Å². The zero-order chi connectivity index (χ0) is 14.0. The second-order valence-corrected chi connectivity index (χ2v) is 3.89. The molecule has 0 bridgehead atoms. The first kappa shape index (κ1) is 17.1. The monoisotopic (exact) mass is 260 g/mol. The van der Waals surface area contributed by atoms with Crippen molar-refractivity contribution in [1.82, 2.24) is 0 Å². The molecule has 5 heteroatoms. The quantitative estimate of drug-likeness (QED) is 0.457. The molecule has 0 radical (unpaired) electrons. The SMILES string of the molecule is C=C(C(=O)O)C(OCCC)(OCCC)OCCC. The zero-order valence-corrected chi connectivity index (χ0v) is 11.5. The van der Waals surface area contributed by atoms with Gasteiger partial charge >= 0.3 is 11.9 Å². The van der Waals surface area contributed by atoms with E-state index in [2.05, 4.69) is 6.58 Å². The first-order valence-corrected chi connectivity index (χ1v) is 6.38. The van der Waals surface area contributed by atoms with Crippen molar-refractivity contribution in [3.8, 4) is 0 Å². The van der Waals surface area contributed by atoms with Crippen LogP contribution in [0, 0.1) is 0 Å². The molecule has 106 valence electrons. The molecule has 0 unspecified atom stereocenters. The van der Waals surface area contributed by atoms with E-state index in [1.54, 1.807) is 0 Å². The standard InChI is InChI=1S/C13H24O5/c1-5-8-16-13(17-9-6-2,18-10-7-3)11(4)12(14)15/h4-10H2,1-3H3,(H,14,15). The van der Waals surface area contributed by atoms with Crippen molar-refractivity contribution in [1.29, 1.82) is 0 Å². The molecular formula is C13H24O5. The molecule has 0 spiro atoms. The van der Waals surface area contributed by atoms with Gasteiger partial charge in [0.1, 0.15) is 5.57 Å². The minimum absolute atomic E-state index is 0.224. The Morgan fingerprint density at radius 3 is 1.56 bits per heavy atom. The van der Waals surface area contributed by atoms with Gasteiger partial charge in [-0.1, -0.05) is 27.4 Å². The minimum atomic E-state index is -1.66. The van der Waals surface area contributed by atoms with Gasteiger partial charge in [0, 0.05) is 0 Å². The zero-order valence-electron chi connectivity index (χ0n) is 11.5. The van der Waals surface area contributed by atoms with Crippen molar-refractivity contribution in [2.75, 3.05) is 19.8 Å². The average molecular weight is 260 g/mol. The van der Waals surface area contributed by atoms with Gasteiger partial charge in [0.2, 0.25) is 0 Å². The predicted octanol–water partition coefficient (Wildman–Crippen LogP) is 2.56. The Morgan fingerprint density at radius 2 is 1.33 bits per heavy atom. The molecule has 1 N–H and O–H groups in total. The van der Waals surface area contributed by atoms with Gasteiger partial charge in [-0.05, 0) is 19.3 Å². The third kappa shape index (κ3) is 5.16. The minimum Gasteiger partial charge on any atom is -0.478 e. The molecule has 0 atom stereocenters. The van der Waals surface area contributed by atoms with E-state index in [0.29, 0.717) is 19.8 Å². The lowest BCUT2D eigenvalue weighted by atomic mass is 10.2. The summed E-state index contributed by atoms with van der Waals surface area (Å²) in [7, 11) is 0. The van der Waals surface area contributed by atoms with Crippen LogP contribution in [0.2, 0.25) is 0 Å². The maximum Gasteiger partial charge on any atom is 0.339 e. The number of rotatable bonds is 11. The van der Waals surface area contributed by atoms with Gasteiger partial charge in [0.25, 0.3) is 0 Å². The Bertz CT molecular complexity index is 240. The van der Waals surface area contributed by atoms with E-state index in [1.807, 2.05) is 20.8 Å². The third-order valence-corrected chi connectivity index (χ3v) is 2.12. The van der Waals surface area contributed by atoms with Crippen molar-refractivity contribution in [3.63, 3.8) is 0 Å². The number of carboxylic acids is 1. The van der Waals surface area contributed by atoms with Gasteiger partial charge in [-0.15, -0.1) is 0 Å². The van der Waals surface area contributed by atoms with Crippen molar-refractivity contribution in [2.24, 2.45) is 0 Å². The Hall–Kier alpha value is -0.910. The lowest BCUT2D eigenvalue weighted by Crippen LogP contribution is -2.44. The van der Waals surface area contributed by atoms with Gasteiger partial charge < -0.3 is 19.3 Å². The number of carbonyl (C=O) groups is 1. The Morgan fingerprint density at radius 1 is 1.00 bits per heavy atom. The number of hydrogen-bond donors (Lipinski definition) is 1. The molecule has 0 saturated heterocycles. The largest absolute Gasteiger partial charge is 0.478 e. The fraction of sp³-hybridized carbons (Fsp3) is 0.769. The lowest BCUT2D eigenvalue weighted by Gasteiger charge is -2.33. The molecule has 0 saturated carbocycles. The van der Waals surface area contributed by atoms with E-state index < -0.39 is 11.9 Å². The first-order chi connectivity index (χ1) is 8.54. The van der Waals surface area contributed by atoms with Crippen LogP contribution in [-0.4, -0.2) is 36.9 Å². The highest BCUT2D eigenvalue weighted by Gasteiger charge is 2.40. The topological polar surface area (TPSA) is 65.0 Å². The Kier molecular flexibility index (Phi) is 8.62. The second-order valence-electron chi connectivity index (χ2n) is 3.89. The summed E-state index contributed by atoms with van der Waals surface area (Å²) in [4.78, 5) is 11.1. The summed E-state index contributed by atoms with van der Waals surface area (Å²) < 4.78 is 16.4. The van der Waals surface area contributed by atoms with E-state index in [-0.39, 0.29) is 5.57 Å². The maximum atomic E-state index is 11.1. The van der Waals surface area contributed by atoms with E-state index in [1.165, 1.54) is 0 Å². The van der Waals surface area contributed by atoms with Gasteiger partial charge in [-0.3, -0.25) is 0 Å². The van der Waals surface area contributed by atoms with Crippen LogP contribution in [0.5, 0.6) is 0 Å². The summed E-state index contributed by atoms with van der Waals surface area (Å²) in [6.07, 6.45) is 2.21. The van der Waals surface area contributed by atoms with Gasteiger partial charge in [0.15, 0.2) is 0 Å². The van der Waals surface area contributed by atoms with Crippen molar-refractivity contribution < 1.29 is 24.1 Å². The fourth-order valence-corrected chi connectivity index (χ4v) is 1.23. The van der Waals surface area contributed by atoms with Crippen molar-refractivity contribution >= 4 is 5.97 Å². The van der Waals surface area contributed by atoms with Crippen LogP contribution in [0.25, 0.3) is 0 Å². The summed E-state index contributed by atoms with van der Waals surface area (Å²) in [5.41, 5.74) is -0.224. The number of carboxylic acid groups (broad SMARTS) is 1. The van der Waals surface area contributed by atoms with E-state index >= 15 is 0 Å². The van der Waals surface area contributed by atoms with Crippen LogP contribution < -0.4 is 0 Å². The highest BCUT2D eigenvalue weighted by Crippen LogP contribution is 2.25. The maximum absolute atomic E-state index is 11.1. The molecule has 0 aliphatic carbocycles. The molecule has 0 fully saturated rings. The van der Waals surface area contributed by atoms with E-state index in [9.17, 15) is 4.79 Å². The fourth-order valence-electron chi connectivity index (χ4n) is 1.23. The van der Waals surface area contributed by atoms with Crippen molar-refractivity contribution in [2.45, 2.75) is 46.0 Å². The number of ether oxygens (including phenoxy) is 3. The van der Waals surface area contributed by atoms with Gasteiger partial charge in [-0.25, -0.2) is 4.79 Å². The normalized spacial score (nSPS) is 11.5. The molecule has 5 nitrogen and oxygen atoms in total. The number of hydrogen-bond acceptors (Lipinski definition) is 4. The van der Waals surface area contributed by atoms with Crippen molar-refractivity contribution in [3.05, 3.63) is 12.2 Å². The molecule has 0 rings (SSSR count). The second kappa shape index (κ2) is 9.08. The summed E-state index contributed by atoms with van der Waals surface area (Å²) in [6, 6.07) is 0. The van der Waals surface area contributed by atoms with Crippen LogP contribution in [0.4, 0.5) is 0 Å².